The van der Waals surface area contributed by atoms with Crippen LogP contribution in [-0.4, -0.2) is 62.1 Å². The highest BCUT2D eigenvalue weighted by Crippen LogP contribution is 2.36. The number of amides is 1. The van der Waals surface area contributed by atoms with Crippen LogP contribution in [0.5, 0.6) is 0 Å². The van der Waals surface area contributed by atoms with Crippen molar-refractivity contribution in [3.63, 3.8) is 0 Å². The van der Waals surface area contributed by atoms with E-state index in [0.717, 1.165) is 11.8 Å². The molecular formula is C23H25F4N5O2. The van der Waals surface area contributed by atoms with E-state index in [1.165, 1.54) is 12.1 Å². The largest absolute Gasteiger partial charge is 0.417 e. The lowest BCUT2D eigenvalue weighted by Crippen LogP contribution is -2.44. The molecule has 1 aromatic carbocycles. The number of likely N-dealkylation sites (N-methyl/N-ethyl adjacent to an activating group) is 1. The molecule has 4 rings (SSSR count). The number of benzene rings is 1. The van der Waals surface area contributed by atoms with Gasteiger partial charge >= 0.3 is 6.18 Å². The quantitative estimate of drug-likeness (QED) is 0.588. The maximum Gasteiger partial charge on any atom is 0.417 e. The van der Waals surface area contributed by atoms with Gasteiger partial charge in [-0.15, -0.1) is 0 Å². The number of aromatic nitrogens is 1. The standard InChI is InChI=1S/C23H25F4N5O2/c1-31-6-8-32(9-7-31)20-12-18(24)15(14-2-4-28-5-3-14)10-19(20)30-22(34)16-13-29-21(33)11-17(16)23(25,26)27/h2,10-13,28H,3-9H2,1H3,(H,29,33)(H,30,34). The van der Waals surface area contributed by atoms with Gasteiger partial charge in [-0.1, -0.05) is 6.08 Å². The number of piperazine rings is 1. The summed E-state index contributed by atoms with van der Waals surface area (Å²) in [4.78, 5) is 30.6. The lowest BCUT2D eigenvalue weighted by molar-refractivity contribution is -0.138. The molecule has 34 heavy (non-hydrogen) atoms. The molecule has 1 aromatic heterocycles. The fourth-order valence-electron chi connectivity index (χ4n) is 4.17. The third-order valence-electron chi connectivity index (χ3n) is 6.06. The average Bonchev–Trinajstić information content (AvgIpc) is 2.80. The van der Waals surface area contributed by atoms with Crippen LogP contribution in [0.3, 0.4) is 0 Å². The molecule has 7 nitrogen and oxygen atoms in total. The monoisotopic (exact) mass is 479 g/mol. The van der Waals surface area contributed by atoms with E-state index >= 15 is 4.39 Å². The molecule has 0 aliphatic carbocycles. The van der Waals surface area contributed by atoms with Crippen molar-refractivity contribution in [3.05, 3.63) is 63.3 Å². The minimum atomic E-state index is -4.89. The summed E-state index contributed by atoms with van der Waals surface area (Å²) < 4.78 is 55.6. The van der Waals surface area contributed by atoms with Crippen molar-refractivity contribution in [2.24, 2.45) is 0 Å². The summed E-state index contributed by atoms with van der Waals surface area (Å²) in [6.45, 7) is 3.80. The van der Waals surface area contributed by atoms with Crippen molar-refractivity contribution in [3.8, 4) is 0 Å². The summed E-state index contributed by atoms with van der Waals surface area (Å²) in [5.74, 6) is -1.50. The molecule has 2 aromatic rings. The molecule has 1 amide bonds. The van der Waals surface area contributed by atoms with Crippen molar-refractivity contribution in [2.75, 3.05) is 56.5 Å². The van der Waals surface area contributed by atoms with E-state index in [1.54, 1.807) is 0 Å². The second-order valence-electron chi connectivity index (χ2n) is 8.40. The molecule has 2 aliphatic heterocycles. The van der Waals surface area contributed by atoms with Crippen LogP contribution in [0.1, 0.15) is 27.9 Å². The molecule has 0 atom stereocenters. The van der Waals surface area contributed by atoms with E-state index in [-0.39, 0.29) is 5.69 Å². The molecular weight excluding hydrogens is 454 g/mol. The number of alkyl halides is 3. The van der Waals surface area contributed by atoms with Crippen LogP contribution in [0, 0.1) is 5.82 Å². The smallest absolute Gasteiger partial charge is 0.367 e. The summed E-state index contributed by atoms with van der Waals surface area (Å²) >= 11 is 0. The number of nitrogens with zero attached hydrogens (tertiary/aromatic N) is 2. The third kappa shape index (κ3) is 5.15. The predicted octanol–water partition coefficient (Wildman–Crippen LogP) is 2.91. The maximum absolute atomic E-state index is 15.2. The maximum atomic E-state index is 15.2. The van der Waals surface area contributed by atoms with Gasteiger partial charge in [0.05, 0.1) is 22.5 Å². The molecule has 0 bridgehead atoms. The first kappa shape index (κ1) is 24.0. The molecule has 1 saturated heterocycles. The van der Waals surface area contributed by atoms with Crippen LogP contribution in [0.4, 0.5) is 28.9 Å². The Labute approximate surface area is 193 Å². The first-order chi connectivity index (χ1) is 16.1. The van der Waals surface area contributed by atoms with E-state index in [0.29, 0.717) is 63.0 Å². The number of hydrogen-bond donors (Lipinski definition) is 3. The van der Waals surface area contributed by atoms with Crippen LogP contribution in [0.25, 0.3) is 5.57 Å². The zero-order valence-electron chi connectivity index (χ0n) is 18.6. The summed E-state index contributed by atoms with van der Waals surface area (Å²) in [7, 11) is 1.96. The van der Waals surface area contributed by atoms with Crippen molar-refractivity contribution in [1.29, 1.82) is 0 Å². The van der Waals surface area contributed by atoms with Crippen LogP contribution in [-0.2, 0) is 6.18 Å². The molecule has 0 spiro atoms. The second-order valence-corrected chi connectivity index (χ2v) is 8.40. The van der Waals surface area contributed by atoms with Gasteiger partial charge in [-0.05, 0) is 37.7 Å². The van der Waals surface area contributed by atoms with E-state index in [2.05, 4.69) is 20.5 Å². The van der Waals surface area contributed by atoms with Gasteiger partial charge in [-0.25, -0.2) is 4.39 Å². The van der Waals surface area contributed by atoms with Gasteiger partial charge < -0.3 is 25.4 Å². The lowest BCUT2D eigenvalue weighted by Gasteiger charge is -2.35. The van der Waals surface area contributed by atoms with Crippen molar-refractivity contribution in [1.82, 2.24) is 15.2 Å². The number of nitrogens with one attached hydrogen (secondary N) is 3. The Kier molecular flexibility index (Phi) is 6.76. The Morgan fingerprint density at radius 1 is 1.12 bits per heavy atom. The molecule has 11 heteroatoms. The number of pyridine rings is 1. The van der Waals surface area contributed by atoms with Gasteiger partial charge in [0.25, 0.3) is 5.91 Å². The van der Waals surface area contributed by atoms with Gasteiger partial charge in [-0.3, -0.25) is 9.59 Å². The van der Waals surface area contributed by atoms with E-state index in [1.807, 2.05) is 18.0 Å². The Morgan fingerprint density at radius 3 is 2.50 bits per heavy atom. The molecule has 3 heterocycles. The van der Waals surface area contributed by atoms with Gasteiger partial charge in [0, 0.05) is 50.6 Å². The van der Waals surface area contributed by atoms with Crippen LogP contribution >= 0.6 is 0 Å². The van der Waals surface area contributed by atoms with Gasteiger partial charge in [-0.2, -0.15) is 13.2 Å². The number of rotatable bonds is 4. The number of carbonyl (C=O) groups excluding carboxylic acids is 1. The highest BCUT2D eigenvalue weighted by Gasteiger charge is 2.36. The van der Waals surface area contributed by atoms with Crippen LogP contribution in [0.2, 0.25) is 0 Å². The molecule has 0 saturated carbocycles. The highest BCUT2D eigenvalue weighted by atomic mass is 19.4. The van der Waals surface area contributed by atoms with Gasteiger partial charge in [0.15, 0.2) is 0 Å². The Hall–Kier alpha value is -3.18. The van der Waals surface area contributed by atoms with Crippen molar-refractivity contribution in [2.45, 2.75) is 12.6 Å². The fraction of sp³-hybridized carbons (Fsp3) is 0.391. The number of anilines is 2. The third-order valence-corrected chi connectivity index (χ3v) is 6.06. The normalized spacial score (nSPS) is 17.4. The molecule has 0 radical (unpaired) electrons. The number of aromatic amines is 1. The summed E-state index contributed by atoms with van der Waals surface area (Å²) in [6, 6.07) is 3.17. The zero-order valence-corrected chi connectivity index (χ0v) is 18.6. The minimum Gasteiger partial charge on any atom is -0.367 e. The van der Waals surface area contributed by atoms with Crippen molar-refractivity contribution >= 4 is 22.9 Å². The van der Waals surface area contributed by atoms with E-state index in [4.69, 9.17) is 0 Å². The predicted molar refractivity (Wildman–Crippen MR) is 122 cm³/mol. The topological polar surface area (TPSA) is 80.5 Å². The summed E-state index contributed by atoms with van der Waals surface area (Å²) in [5.41, 5.74) is -1.35. The van der Waals surface area contributed by atoms with Gasteiger partial charge in [0.1, 0.15) is 5.82 Å². The first-order valence-corrected chi connectivity index (χ1v) is 10.9. The Morgan fingerprint density at radius 2 is 1.85 bits per heavy atom. The first-order valence-electron chi connectivity index (χ1n) is 10.9. The van der Waals surface area contributed by atoms with Crippen LogP contribution in [0.15, 0.2) is 35.3 Å². The molecule has 2 aliphatic rings. The van der Waals surface area contributed by atoms with Crippen LogP contribution < -0.4 is 21.1 Å². The second kappa shape index (κ2) is 9.59. The lowest BCUT2D eigenvalue weighted by atomic mass is 9.98. The molecule has 3 N–H and O–H groups in total. The Balaban J connectivity index is 1.75. The number of H-pyrrole nitrogens is 1. The Bertz CT molecular complexity index is 1170. The fourth-order valence-corrected chi connectivity index (χ4v) is 4.17. The molecule has 182 valence electrons. The minimum absolute atomic E-state index is 0.213. The van der Waals surface area contributed by atoms with Crippen molar-refractivity contribution < 1.29 is 22.4 Å². The zero-order chi connectivity index (χ0) is 24.5. The molecule has 0 unspecified atom stereocenters. The number of hydrogen-bond acceptors (Lipinski definition) is 5. The molecule has 1 fully saturated rings. The number of halogens is 4. The number of carbonyl (C=O) groups is 1. The SMILES string of the molecule is CN1CCN(c2cc(F)c(C3=CCNCC3)cc2NC(=O)c2c[nH]c(=O)cc2C(F)(F)F)CC1. The summed E-state index contributed by atoms with van der Waals surface area (Å²) in [6.07, 6.45) is -1.71. The van der Waals surface area contributed by atoms with E-state index in [9.17, 15) is 22.8 Å². The average molecular weight is 479 g/mol. The van der Waals surface area contributed by atoms with Gasteiger partial charge in [0.2, 0.25) is 5.56 Å². The van der Waals surface area contributed by atoms with E-state index < -0.39 is 34.6 Å². The summed E-state index contributed by atoms with van der Waals surface area (Å²) in [5, 5.41) is 5.70. The highest BCUT2D eigenvalue weighted by molar-refractivity contribution is 6.07.